The van der Waals surface area contributed by atoms with Crippen LogP contribution in [0.5, 0.6) is 0 Å². The van der Waals surface area contributed by atoms with Crippen molar-refractivity contribution in [3.8, 4) is 10.4 Å². The summed E-state index contributed by atoms with van der Waals surface area (Å²) in [6.45, 7) is 5.00. The van der Waals surface area contributed by atoms with Crippen LogP contribution >= 0.6 is 22.7 Å². The molecule has 0 saturated carbocycles. The van der Waals surface area contributed by atoms with Crippen LogP contribution in [-0.2, 0) is 0 Å². The highest BCUT2D eigenvalue weighted by molar-refractivity contribution is 7.25. The summed E-state index contributed by atoms with van der Waals surface area (Å²) < 4.78 is 5.54. The molecule has 4 heterocycles. The lowest BCUT2D eigenvalue weighted by molar-refractivity contribution is 0.101. The van der Waals surface area contributed by atoms with Gasteiger partial charge in [-0.3, -0.25) is 4.79 Å². The number of thiophene rings is 2. The van der Waals surface area contributed by atoms with Gasteiger partial charge in [0.25, 0.3) is 0 Å². The van der Waals surface area contributed by atoms with Gasteiger partial charge < -0.3 is 4.42 Å². The van der Waals surface area contributed by atoms with Crippen LogP contribution in [0, 0.1) is 13.8 Å². The van der Waals surface area contributed by atoms with E-state index < -0.39 is 5.63 Å². The molecular formula is C17H12N2O3S2. The fourth-order valence-corrected chi connectivity index (χ4v) is 4.76. The number of pyridine rings is 1. The molecule has 0 atom stereocenters. The molecule has 24 heavy (non-hydrogen) atoms. The number of fused-ring (bicyclic) bond motifs is 3. The molecule has 0 unspecified atom stereocenters. The van der Waals surface area contributed by atoms with Gasteiger partial charge in [-0.05, 0) is 25.3 Å². The Kier molecular flexibility index (Phi) is 3.36. The fourth-order valence-electron chi connectivity index (χ4n) is 2.93. The molecule has 4 rings (SSSR count). The number of hydrogen-bond acceptors (Lipinski definition) is 7. The van der Waals surface area contributed by atoms with E-state index in [1.165, 1.54) is 18.3 Å². The Morgan fingerprint density at radius 1 is 1.25 bits per heavy atom. The number of hydrogen-bond donors (Lipinski definition) is 0. The van der Waals surface area contributed by atoms with Crippen LogP contribution in [0.2, 0.25) is 0 Å². The van der Waals surface area contributed by atoms with Crippen LogP contribution in [-0.4, -0.2) is 15.8 Å². The number of nitrogens with zero attached hydrogens (tertiary/aromatic N) is 2. The molecule has 120 valence electrons. The van der Waals surface area contributed by atoms with Gasteiger partial charge in [0.15, 0.2) is 11.7 Å². The van der Waals surface area contributed by atoms with Crippen molar-refractivity contribution in [3.63, 3.8) is 0 Å². The largest absolute Gasteiger partial charge is 0.408 e. The molecule has 4 aromatic heterocycles. The van der Waals surface area contributed by atoms with Gasteiger partial charge in [-0.2, -0.15) is 0 Å². The van der Waals surface area contributed by atoms with Gasteiger partial charge in [0, 0.05) is 28.3 Å². The predicted molar refractivity (Wildman–Crippen MR) is 96.2 cm³/mol. The van der Waals surface area contributed by atoms with Gasteiger partial charge >= 0.3 is 5.63 Å². The molecule has 0 bridgehead atoms. The molecule has 0 aliphatic carbocycles. The second-order valence-electron chi connectivity index (χ2n) is 5.46. The minimum absolute atomic E-state index is 0.0515. The van der Waals surface area contributed by atoms with Crippen LogP contribution in [0.15, 0.2) is 26.7 Å². The summed E-state index contributed by atoms with van der Waals surface area (Å²) in [6.07, 6.45) is 0. The third-order valence-corrected chi connectivity index (χ3v) is 5.75. The molecule has 7 heteroatoms. The Morgan fingerprint density at radius 2 is 2.04 bits per heavy atom. The van der Waals surface area contributed by atoms with E-state index in [1.54, 1.807) is 18.3 Å². The number of aromatic nitrogens is 2. The Balaban J connectivity index is 2.32. The minimum atomic E-state index is -0.417. The zero-order valence-electron chi connectivity index (χ0n) is 13.2. The molecule has 4 aromatic rings. The van der Waals surface area contributed by atoms with Crippen LogP contribution in [0.3, 0.4) is 0 Å². The van der Waals surface area contributed by atoms with Crippen molar-refractivity contribution in [2.45, 2.75) is 20.8 Å². The predicted octanol–water partition coefficient (Wildman–Crippen LogP) is 4.35. The van der Waals surface area contributed by atoms with Crippen molar-refractivity contribution in [2.24, 2.45) is 0 Å². The van der Waals surface area contributed by atoms with Crippen molar-refractivity contribution >= 4 is 48.9 Å². The summed E-state index contributed by atoms with van der Waals surface area (Å²) in [7, 11) is 0. The summed E-state index contributed by atoms with van der Waals surface area (Å²) in [4.78, 5) is 35.1. The van der Waals surface area contributed by atoms with Gasteiger partial charge in [0.05, 0.1) is 5.69 Å². The Morgan fingerprint density at radius 3 is 2.71 bits per heavy atom. The maximum Gasteiger partial charge on any atom is 0.357 e. The second kappa shape index (κ2) is 5.32. The minimum Gasteiger partial charge on any atom is -0.408 e. The molecule has 0 radical (unpaired) electrons. The number of Topliss-reactive ketones (excluding diaryl/α,β-unsaturated/α-hetero) is 1. The van der Waals surface area contributed by atoms with E-state index in [4.69, 9.17) is 4.42 Å². The average Bonchev–Trinajstić information content (AvgIpc) is 3.13. The van der Waals surface area contributed by atoms with Gasteiger partial charge in [-0.15, -0.1) is 22.7 Å². The molecule has 0 N–H and O–H groups in total. The summed E-state index contributed by atoms with van der Waals surface area (Å²) in [5.74, 6) is 0.249. The molecule has 5 nitrogen and oxygen atoms in total. The lowest BCUT2D eigenvalue weighted by Crippen LogP contribution is -2.03. The molecule has 0 aliphatic rings. The van der Waals surface area contributed by atoms with E-state index in [0.717, 1.165) is 15.8 Å². The zero-order valence-corrected chi connectivity index (χ0v) is 14.8. The van der Waals surface area contributed by atoms with Gasteiger partial charge in [-0.25, -0.2) is 14.8 Å². The van der Waals surface area contributed by atoms with Crippen molar-refractivity contribution in [3.05, 3.63) is 45.1 Å². The third-order valence-electron chi connectivity index (χ3n) is 3.81. The van der Waals surface area contributed by atoms with Crippen molar-refractivity contribution < 1.29 is 9.21 Å². The highest BCUT2D eigenvalue weighted by Crippen LogP contribution is 2.41. The maximum absolute atomic E-state index is 12.3. The van der Waals surface area contributed by atoms with Crippen LogP contribution in [0.1, 0.15) is 28.9 Å². The van der Waals surface area contributed by atoms with Gasteiger partial charge in [-0.1, -0.05) is 6.07 Å². The average molecular weight is 356 g/mol. The Hall–Kier alpha value is -2.38. The van der Waals surface area contributed by atoms with E-state index in [0.29, 0.717) is 32.2 Å². The first-order valence-electron chi connectivity index (χ1n) is 7.26. The first kappa shape index (κ1) is 15.2. The van der Waals surface area contributed by atoms with Crippen molar-refractivity contribution in [2.75, 3.05) is 0 Å². The summed E-state index contributed by atoms with van der Waals surface area (Å²) >= 11 is 2.80. The first-order chi connectivity index (χ1) is 11.5. The highest BCUT2D eigenvalue weighted by atomic mass is 32.1. The first-order valence-corrected chi connectivity index (χ1v) is 8.96. The smallest absolute Gasteiger partial charge is 0.357 e. The normalized spacial score (nSPS) is 11.5. The lowest BCUT2D eigenvalue weighted by Gasteiger charge is -2.10. The summed E-state index contributed by atoms with van der Waals surface area (Å²) in [5.41, 5.74) is 2.19. The highest BCUT2D eigenvalue weighted by Gasteiger charge is 2.23. The molecule has 0 aromatic carbocycles. The number of rotatable bonds is 2. The molecule has 0 fully saturated rings. The quantitative estimate of drug-likeness (QED) is 0.499. The van der Waals surface area contributed by atoms with Crippen LogP contribution < -0.4 is 5.63 Å². The lowest BCUT2D eigenvalue weighted by atomic mass is 9.98. The van der Waals surface area contributed by atoms with E-state index in [2.05, 4.69) is 9.97 Å². The number of ketones is 1. The fraction of sp³-hybridized carbons (Fsp3) is 0.176. The molecular weight excluding hydrogens is 344 g/mol. The van der Waals surface area contributed by atoms with Crippen molar-refractivity contribution in [1.29, 1.82) is 0 Å². The number of carbonyl (C=O) groups is 1. The Bertz CT molecular complexity index is 1170. The van der Waals surface area contributed by atoms with E-state index in [1.807, 2.05) is 24.4 Å². The van der Waals surface area contributed by atoms with Crippen LogP contribution in [0.4, 0.5) is 0 Å². The topological polar surface area (TPSA) is 73.1 Å². The van der Waals surface area contributed by atoms with E-state index in [-0.39, 0.29) is 5.78 Å². The van der Waals surface area contributed by atoms with Crippen LogP contribution in [0.25, 0.3) is 30.9 Å². The molecule has 0 aliphatic heterocycles. The van der Waals surface area contributed by atoms with Crippen molar-refractivity contribution in [1.82, 2.24) is 9.97 Å². The molecule has 0 spiro atoms. The Labute approximate surface area is 144 Å². The maximum atomic E-state index is 12.3. The monoisotopic (exact) mass is 356 g/mol. The van der Waals surface area contributed by atoms with E-state index in [9.17, 15) is 9.59 Å². The second-order valence-corrected chi connectivity index (χ2v) is 7.41. The third kappa shape index (κ3) is 2.12. The van der Waals surface area contributed by atoms with E-state index >= 15 is 0 Å². The summed E-state index contributed by atoms with van der Waals surface area (Å²) in [6, 6.07) is 3.90. The number of carbonyl (C=O) groups excluding carboxylic acids is 1. The molecule has 0 amide bonds. The summed E-state index contributed by atoms with van der Waals surface area (Å²) in [5, 5.41) is 2.71. The van der Waals surface area contributed by atoms with Gasteiger partial charge in [0.2, 0.25) is 0 Å². The standard InChI is InChI=1S/C17H12N2O3S2/c1-7-11(8(2)20)12(10-5-4-6-23-10)13-14-15(24-16(13)18-7)17(21)22-9(3)19-14/h4-6H,1-3H3. The molecule has 0 saturated heterocycles. The zero-order chi connectivity index (χ0) is 17.0. The van der Waals surface area contributed by atoms with Gasteiger partial charge in [0.1, 0.15) is 15.0 Å². The SMILES string of the molecule is CC(=O)c1c(C)nc2sc3c(=O)oc(C)nc3c2c1-c1cccs1. The number of aryl methyl sites for hydroxylation is 2.